The summed E-state index contributed by atoms with van der Waals surface area (Å²) in [5, 5.41) is 0. The van der Waals surface area contributed by atoms with Crippen LogP contribution in [0.25, 0.3) is 0 Å². The van der Waals surface area contributed by atoms with Crippen LogP contribution in [0.4, 0.5) is 0 Å². The van der Waals surface area contributed by atoms with E-state index < -0.39 is 11.9 Å². The third-order valence-corrected chi connectivity index (χ3v) is 3.03. The van der Waals surface area contributed by atoms with Crippen molar-refractivity contribution in [2.24, 2.45) is 0 Å². The predicted octanol–water partition coefficient (Wildman–Crippen LogP) is 2.55. The molecule has 0 aliphatic heterocycles. The molecule has 6 heteroatoms. The molecule has 0 aliphatic carbocycles. The van der Waals surface area contributed by atoms with E-state index in [1.165, 1.54) is 13.8 Å². The number of nitrogens with one attached hydrogen (secondary N) is 1. The van der Waals surface area contributed by atoms with Gasteiger partial charge in [-0.15, -0.1) is 0 Å². The number of rotatable bonds is 7. The second-order valence-corrected chi connectivity index (χ2v) is 4.80. The first-order chi connectivity index (χ1) is 9.88. The molecule has 0 saturated heterocycles. The number of carbonyl (C=O) groups is 3. The summed E-state index contributed by atoms with van der Waals surface area (Å²) in [6.45, 7) is 6.61. The summed E-state index contributed by atoms with van der Waals surface area (Å²) in [6, 6.07) is 0. The van der Waals surface area contributed by atoms with Gasteiger partial charge in [-0.3, -0.25) is 9.59 Å². The molecule has 6 nitrogen and oxygen atoms in total. The first-order valence-corrected chi connectivity index (χ1v) is 6.91. The van der Waals surface area contributed by atoms with Gasteiger partial charge in [0.25, 0.3) is 0 Å². The van der Waals surface area contributed by atoms with Gasteiger partial charge in [-0.1, -0.05) is 13.3 Å². The molecule has 0 fully saturated rings. The van der Waals surface area contributed by atoms with Crippen LogP contribution in [-0.2, 0) is 20.9 Å². The van der Waals surface area contributed by atoms with E-state index in [1.54, 1.807) is 6.92 Å². The van der Waals surface area contributed by atoms with Crippen molar-refractivity contribution >= 4 is 17.7 Å². The topological polar surface area (TPSA) is 85.5 Å². The van der Waals surface area contributed by atoms with Gasteiger partial charge in [0.05, 0.1) is 12.3 Å². The smallest absolute Gasteiger partial charge is 0.355 e. The molecule has 0 radical (unpaired) electrons. The van der Waals surface area contributed by atoms with Crippen molar-refractivity contribution in [3.63, 3.8) is 0 Å². The van der Waals surface area contributed by atoms with Gasteiger partial charge in [0.15, 0.2) is 5.78 Å². The third-order valence-electron chi connectivity index (χ3n) is 3.03. The van der Waals surface area contributed by atoms with Crippen LogP contribution in [0.1, 0.15) is 65.7 Å². The van der Waals surface area contributed by atoms with Crippen LogP contribution in [0, 0.1) is 6.92 Å². The normalized spacial score (nSPS) is 10.3. The van der Waals surface area contributed by atoms with Crippen molar-refractivity contribution < 1.29 is 23.9 Å². The van der Waals surface area contributed by atoms with Crippen LogP contribution in [0.2, 0.25) is 0 Å². The number of ether oxygens (including phenoxy) is 2. The molecular formula is C15H21NO5. The van der Waals surface area contributed by atoms with Crippen LogP contribution >= 0.6 is 0 Å². The Morgan fingerprint density at radius 3 is 2.33 bits per heavy atom. The zero-order valence-corrected chi connectivity index (χ0v) is 12.9. The molecule has 0 amide bonds. The molecule has 0 saturated carbocycles. The Labute approximate surface area is 123 Å². The fraction of sp³-hybridized carbons (Fsp3) is 0.533. The maximum atomic E-state index is 12.0. The van der Waals surface area contributed by atoms with Crippen LogP contribution in [0.3, 0.4) is 0 Å². The Morgan fingerprint density at radius 1 is 1.14 bits per heavy atom. The number of ketones is 1. The largest absolute Gasteiger partial charge is 0.461 e. The average molecular weight is 295 g/mol. The number of aromatic nitrogens is 1. The summed E-state index contributed by atoms with van der Waals surface area (Å²) in [7, 11) is 0. The minimum Gasteiger partial charge on any atom is -0.461 e. The number of Topliss-reactive ketones (excluding diaryl/α,β-unsaturated/α-hetero) is 1. The van der Waals surface area contributed by atoms with Crippen molar-refractivity contribution in [2.75, 3.05) is 6.61 Å². The standard InChI is InChI=1S/C15H21NO5/c1-5-6-7-20-15(19)14-9(2)13(10(3)17)12(16-14)8-21-11(4)18/h16H,5-8H2,1-4H3. The molecule has 1 N–H and O–H groups in total. The van der Waals surface area contributed by atoms with Crippen LogP contribution in [-0.4, -0.2) is 29.3 Å². The second kappa shape index (κ2) is 7.61. The Balaban J connectivity index is 3.00. The molecule has 116 valence electrons. The summed E-state index contributed by atoms with van der Waals surface area (Å²) >= 11 is 0. The molecule has 1 heterocycles. The van der Waals surface area contributed by atoms with Crippen molar-refractivity contribution in [1.82, 2.24) is 4.98 Å². The average Bonchev–Trinajstić information content (AvgIpc) is 2.73. The van der Waals surface area contributed by atoms with Crippen LogP contribution < -0.4 is 0 Å². The highest BCUT2D eigenvalue weighted by Crippen LogP contribution is 2.21. The van der Waals surface area contributed by atoms with Crippen LogP contribution in [0.15, 0.2) is 0 Å². The van der Waals surface area contributed by atoms with Crippen molar-refractivity contribution in [2.45, 2.75) is 47.1 Å². The molecule has 21 heavy (non-hydrogen) atoms. The van der Waals surface area contributed by atoms with E-state index in [-0.39, 0.29) is 18.1 Å². The van der Waals surface area contributed by atoms with Crippen LogP contribution in [0.5, 0.6) is 0 Å². The lowest BCUT2D eigenvalue weighted by atomic mass is 10.1. The molecule has 0 atom stereocenters. The fourth-order valence-electron chi connectivity index (χ4n) is 2.00. The SMILES string of the molecule is CCCCOC(=O)c1[nH]c(COC(C)=O)c(C(C)=O)c1C. The quantitative estimate of drug-likeness (QED) is 0.474. The van der Waals surface area contributed by atoms with Gasteiger partial charge < -0.3 is 14.5 Å². The molecule has 0 spiro atoms. The molecule has 0 bridgehead atoms. The van der Waals surface area contributed by atoms with E-state index in [9.17, 15) is 14.4 Å². The van der Waals surface area contributed by atoms with Gasteiger partial charge in [-0.05, 0) is 25.8 Å². The highest BCUT2D eigenvalue weighted by molar-refractivity contribution is 6.01. The number of aromatic amines is 1. The van der Waals surface area contributed by atoms with E-state index in [0.717, 1.165) is 12.8 Å². The van der Waals surface area contributed by atoms with E-state index >= 15 is 0 Å². The monoisotopic (exact) mass is 295 g/mol. The molecule has 1 aromatic heterocycles. The summed E-state index contributed by atoms with van der Waals surface area (Å²) in [5.74, 6) is -1.15. The number of esters is 2. The van der Waals surface area contributed by atoms with E-state index in [0.29, 0.717) is 23.4 Å². The lowest BCUT2D eigenvalue weighted by Gasteiger charge is -2.03. The van der Waals surface area contributed by atoms with Gasteiger partial charge in [0.2, 0.25) is 0 Å². The van der Waals surface area contributed by atoms with Gasteiger partial charge in [-0.2, -0.15) is 0 Å². The first-order valence-electron chi connectivity index (χ1n) is 6.91. The van der Waals surface area contributed by atoms with Gasteiger partial charge in [0.1, 0.15) is 12.3 Å². The van der Waals surface area contributed by atoms with E-state index in [4.69, 9.17) is 9.47 Å². The Kier molecular flexibility index (Phi) is 6.14. The zero-order chi connectivity index (χ0) is 16.0. The second-order valence-electron chi connectivity index (χ2n) is 4.80. The summed E-state index contributed by atoms with van der Waals surface area (Å²) in [4.78, 5) is 37.4. The highest BCUT2D eigenvalue weighted by atomic mass is 16.5. The Hall–Kier alpha value is -2.11. The molecule has 0 unspecified atom stereocenters. The minimum atomic E-state index is -0.502. The first kappa shape index (κ1) is 16.9. The lowest BCUT2D eigenvalue weighted by Crippen LogP contribution is -2.08. The van der Waals surface area contributed by atoms with Crippen molar-refractivity contribution in [3.8, 4) is 0 Å². The third kappa shape index (κ3) is 4.44. The molecule has 1 rings (SSSR count). The summed E-state index contributed by atoms with van der Waals surface area (Å²) in [5.41, 5.74) is 1.54. The molecular weight excluding hydrogens is 274 g/mol. The molecule has 1 aromatic rings. The number of hydrogen-bond acceptors (Lipinski definition) is 5. The van der Waals surface area contributed by atoms with E-state index in [2.05, 4.69) is 4.98 Å². The molecule has 0 aromatic carbocycles. The predicted molar refractivity (Wildman–Crippen MR) is 76.2 cm³/mol. The van der Waals surface area contributed by atoms with Gasteiger partial charge >= 0.3 is 11.9 Å². The van der Waals surface area contributed by atoms with Gasteiger partial charge in [0, 0.05) is 12.5 Å². The summed E-state index contributed by atoms with van der Waals surface area (Å²) in [6.07, 6.45) is 1.71. The minimum absolute atomic E-state index is 0.0761. The van der Waals surface area contributed by atoms with Gasteiger partial charge in [-0.25, -0.2) is 4.79 Å². The Bertz CT molecular complexity index is 545. The van der Waals surface area contributed by atoms with E-state index in [1.807, 2.05) is 6.92 Å². The zero-order valence-electron chi connectivity index (χ0n) is 12.9. The lowest BCUT2D eigenvalue weighted by molar-refractivity contribution is -0.142. The van der Waals surface area contributed by atoms with Crippen molar-refractivity contribution in [1.29, 1.82) is 0 Å². The molecule has 0 aliphatic rings. The number of unbranched alkanes of at least 4 members (excludes halogenated alkanes) is 1. The highest BCUT2D eigenvalue weighted by Gasteiger charge is 2.23. The number of H-pyrrole nitrogens is 1. The summed E-state index contributed by atoms with van der Waals surface area (Å²) < 4.78 is 10.0. The van der Waals surface area contributed by atoms with Crippen molar-refractivity contribution in [3.05, 3.63) is 22.5 Å². The maximum absolute atomic E-state index is 12.0. The number of carbonyl (C=O) groups excluding carboxylic acids is 3. The fourth-order valence-corrected chi connectivity index (χ4v) is 2.00. The Morgan fingerprint density at radius 2 is 1.81 bits per heavy atom. The maximum Gasteiger partial charge on any atom is 0.355 e. The number of hydrogen-bond donors (Lipinski definition) is 1.